The Bertz CT molecular complexity index is 68.6. The van der Waals surface area contributed by atoms with Gasteiger partial charge in [0.25, 0.3) is 0 Å². The second-order valence-electron chi connectivity index (χ2n) is 2.45. The molecule has 0 saturated carbocycles. The van der Waals surface area contributed by atoms with Crippen LogP contribution in [0.25, 0.3) is 0 Å². The minimum Gasteiger partial charge on any atom is -0.390 e. The molecule has 7 heavy (non-hydrogen) atoms. The van der Waals surface area contributed by atoms with Crippen LogP contribution in [0.15, 0.2) is 4.99 Å². The SMILES string of the molecule is CC(C)(C)/N=C/N. The molecule has 0 saturated heterocycles. The molecule has 0 aromatic rings. The van der Waals surface area contributed by atoms with Crippen molar-refractivity contribution in [1.29, 1.82) is 0 Å². The lowest BCUT2D eigenvalue weighted by Crippen LogP contribution is -2.11. The number of aliphatic imine (C=N–C) groups is 1. The van der Waals surface area contributed by atoms with Crippen molar-refractivity contribution >= 4 is 6.34 Å². The molecule has 0 radical (unpaired) electrons. The normalized spacial score (nSPS) is 13.0. The summed E-state index contributed by atoms with van der Waals surface area (Å²) in [5, 5.41) is 0. The van der Waals surface area contributed by atoms with E-state index >= 15 is 0 Å². The first-order chi connectivity index (χ1) is 3.06. The van der Waals surface area contributed by atoms with Gasteiger partial charge in [-0.15, -0.1) is 0 Å². The van der Waals surface area contributed by atoms with Crippen LogP contribution in [0.2, 0.25) is 0 Å². The third kappa shape index (κ3) is 5.47. The standard InChI is InChI=1S/C5H12N2/c1-5(2,3)7-4-6/h4H,1-3H3,(H2,6,7). The number of nitrogens with zero attached hydrogens (tertiary/aromatic N) is 1. The Morgan fingerprint density at radius 1 is 1.43 bits per heavy atom. The lowest BCUT2D eigenvalue weighted by atomic mass is 10.1. The van der Waals surface area contributed by atoms with E-state index in [2.05, 4.69) is 4.99 Å². The monoisotopic (exact) mass is 100 g/mol. The van der Waals surface area contributed by atoms with E-state index in [1.807, 2.05) is 20.8 Å². The third-order valence-corrected chi connectivity index (χ3v) is 0.462. The highest BCUT2D eigenvalue weighted by Gasteiger charge is 2.02. The Morgan fingerprint density at radius 2 is 1.86 bits per heavy atom. The minimum absolute atomic E-state index is 0.00521. The summed E-state index contributed by atoms with van der Waals surface area (Å²) < 4.78 is 0. The molecule has 0 aliphatic rings. The maximum Gasteiger partial charge on any atom is 0.0804 e. The summed E-state index contributed by atoms with van der Waals surface area (Å²) in [5.74, 6) is 0. The molecule has 0 rings (SSSR count). The van der Waals surface area contributed by atoms with Gasteiger partial charge in [-0.25, -0.2) is 0 Å². The highest BCUT2D eigenvalue weighted by Crippen LogP contribution is 2.02. The molecule has 0 aromatic carbocycles. The average Bonchev–Trinajstić information content (AvgIpc) is 1.30. The Balaban J connectivity index is 3.56. The second kappa shape index (κ2) is 1.96. The van der Waals surface area contributed by atoms with Gasteiger partial charge in [-0.05, 0) is 20.8 Å². The van der Waals surface area contributed by atoms with Crippen molar-refractivity contribution in [3.05, 3.63) is 0 Å². The van der Waals surface area contributed by atoms with Crippen LogP contribution in [-0.2, 0) is 0 Å². The second-order valence-corrected chi connectivity index (χ2v) is 2.45. The van der Waals surface area contributed by atoms with Crippen LogP contribution in [0.3, 0.4) is 0 Å². The van der Waals surface area contributed by atoms with Crippen molar-refractivity contribution in [3.63, 3.8) is 0 Å². The zero-order valence-corrected chi connectivity index (χ0v) is 5.10. The summed E-state index contributed by atoms with van der Waals surface area (Å²) >= 11 is 0. The summed E-state index contributed by atoms with van der Waals surface area (Å²) in [6.45, 7) is 5.99. The van der Waals surface area contributed by atoms with E-state index in [0.717, 1.165) is 0 Å². The minimum atomic E-state index is -0.00521. The molecular formula is C5H12N2. The van der Waals surface area contributed by atoms with Crippen molar-refractivity contribution in [2.24, 2.45) is 10.7 Å². The summed E-state index contributed by atoms with van der Waals surface area (Å²) in [6, 6.07) is 0. The molecule has 0 amide bonds. The quantitative estimate of drug-likeness (QED) is 0.354. The molecule has 2 heteroatoms. The van der Waals surface area contributed by atoms with E-state index in [4.69, 9.17) is 5.73 Å². The largest absolute Gasteiger partial charge is 0.390 e. The molecule has 0 aromatic heterocycles. The molecule has 42 valence electrons. The average molecular weight is 100 g/mol. The van der Waals surface area contributed by atoms with Gasteiger partial charge in [-0.2, -0.15) is 0 Å². The Hall–Kier alpha value is -0.530. The third-order valence-electron chi connectivity index (χ3n) is 0.462. The van der Waals surface area contributed by atoms with Gasteiger partial charge in [0.15, 0.2) is 0 Å². The van der Waals surface area contributed by atoms with Gasteiger partial charge in [-0.3, -0.25) is 4.99 Å². The molecule has 0 heterocycles. The first-order valence-corrected chi connectivity index (χ1v) is 2.32. The Kier molecular flexibility index (Phi) is 1.81. The highest BCUT2D eigenvalue weighted by atomic mass is 14.9. The first kappa shape index (κ1) is 6.47. The van der Waals surface area contributed by atoms with Gasteiger partial charge < -0.3 is 5.73 Å². The van der Waals surface area contributed by atoms with Crippen molar-refractivity contribution in [3.8, 4) is 0 Å². The topological polar surface area (TPSA) is 38.4 Å². The number of hydrogen-bond donors (Lipinski definition) is 1. The Labute approximate surface area is 44.4 Å². The molecular weight excluding hydrogens is 88.1 g/mol. The zero-order chi connectivity index (χ0) is 5.91. The summed E-state index contributed by atoms with van der Waals surface area (Å²) in [6.07, 6.45) is 1.33. The van der Waals surface area contributed by atoms with E-state index < -0.39 is 0 Å². The van der Waals surface area contributed by atoms with Gasteiger partial charge in [0.1, 0.15) is 0 Å². The van der Waals surface area contributed by atoms with Crippen LogP contribution in [-0.4, -0.2) is 11.9 Å². The molecule has 0 aliphatic heterocycles. The zero-order valence-electron chi connectivity index (χ0n) is 5.10. The van der Waals surface area contributed by atoms with E-state index in [-0.39, 0.29) is 5.54 Å². The van der Waals surface area contributed by atoms with Crippen LogP contribution in [0, 0.1) is 0 Å². The summed E-state index contributed by atoms with van der Waals surface area (Å²) in [5.41, 5.74) is 5.02. The van der Waals surface area contributed by atoms with Crippen molar-refractivity contribution in [1.82, 2.24) is 0 Å². The highest BCUT2D eigenvalue weighted by molar-refractivity contribution is 5.51. The van der Waals surface area contributed by atoms with Crippen molar-refractivity contribution in [2.75, 3.05) is 0 Å². The fourth-order valence-corrected chi connectivity index (χ4v) is 0.224. The maximum atomic E-state index is 5.02. The van der Waals surface area contributed by atoms with Crippen molar-refractivity contribution < 1.29 is 0 Å². The predicted molar refractivity (Wildman–Crippen MR) is 32.4 cm³/mol. The maximum absolute atomic E-state index is 5.02. The summed E-state index contributed by atoms with van der Waals surface area (Å²) in [7, 11) is 0. The molecule has 0 fully saturated rings. The molecule has 2 nitrogen and oxygen atoms in total. The molecule has 0 bridgehead atoms. The van der Waals surface area contributed by atoms with Crippen LogP contribution in [0.1, 0.15) is 20.8 Å². The lowest BCUT2D eigenvalue weighted by Gasteiger charge is -2.08. The van der Waals surface area contributed by atoms with Gasteiger partial charge in [-0.1, -0.05) is 0 Å². The smallest absolute Gasteiger partial charge is 0.0804 e. The van der Waals surface area contributed by atoms with E-state index in [1.54, 1.807) is 0 Å². The van der Waals surface area contributed by atoms with Gasteiger partial charge in [0.2, 0.25) is 0 Å². The molecule has 0 unspecified atom stereocenters. The van der Waals surface area contributed by atoms with Crippen molar-refractivity contribution in [2.45, 2.75) is 26.3 Å². The van der Waals surface area contributed by atoms with E-state index in [9.17, 15) is 0 Å². The van der Waals surface area contributed by atoms with E-state index in [1.165, 1.54) is 6.34 Å². The van der Waals surface area contributed by atoms with Crippen LogP contribution < -0.4 is 5.73 Å². The molecule has 0 aliphatic carbocycles. The van der Waals surface area contributed by atoms with Crippen LogP contribution >= 0.6 is 0 Å². The fourth-order valence-electron chi connectivity index (χ4n) is 0.224. The first-order valence-electron chi connectivity index (χ1n) is 2.32. The number of nitrogens with two attached hydrogens (primary N) is 1. The fraction of sp³-hybridized carbons (Fsp3) is 0.800. The van der Waals surface area contributed by atoms with Crippen LogP contribution in [0.5, 0.6) is 0 Å². The molecule has 0 atom stereocenters. The van der Waals surface area contributed by atoms with Gasteiger partial charge in [0, 0.05) is 0 Å². The van der Waals surface area contributed by atoms with Gasteiger partial charge >= 0.3 is 0 Å². The van der Waals surface area contributed by atoms with E-state index in [0.29, 0.717) is 0 Å². The predicted octanol–water partition coefficient (Wildman–Crippen LogP) is 0.772. The Morgan fingerprint density at radius 3 is 1.86 bits per heavy atom. The summed E-state index contributed by atoms with van der Waals surface area (Å²) in [4.78, 5) is 3.91. The molecule has 2 N–H and O–H groups in total. The number of rotatable bonds is 0. The van der Waals surface area contributed by atoms with Gasteiger partial charge in [0.05, 0.1) is 11.9 Å². The number of hydrogen-bond acceptors (Lipinski definition) is 1. The van der Waals surface area contributed by atoms with Crippen LogP contribution in [0.4, 0.5) is 0 Å². The molecule has 0 spiro atoms. The lowest BCUT2D eigenvalue weighted by molar-refractivity contribution is 0.586.